The summed E-state index contributed by atoms with van der Waals surface area (Å²) in [7, 11) is 0. The fourth-order valence-electron chi connectivity index (χ4n) is 3.17. The van der Waals surface area contributed by atoms with E-state index in [0.29, 0.717) is 11.7 Å². The number of hydrogen-bond donors (Lipinski definition) is 2. The normalized spacial score (nSPS) is 16.8. The van der Waals surface area contributed by atoms with E-state index >= 15 is 0 Å². The number of rotatable bonds is 3. The minimum atomic E-state index is -0.478. The zero-order chi connectivity index (χ0) is 15.9. The first-order valence-corrected chi connectivity index (χ1v) is 7.72. The first-order chi connectivity index (χ1) is 11.2. The molecule has 1 fully saturated rings. The van der Waals surface area contributed by atoms with E-state index in [1.54, 1.807) is 18.3 Å². The smallest absolute Gasteiger partial charge is 0.260 e. The van der Waals surface area contributed by atoms with Crippen LogP contribution in [0, 0.1) is 5.82 Å². The van der Waals surface area contributed by atoms with Crippen molar-refractivity contribution in [2.45, 2.75) is 31.2 Å². The molecule has 0 bridgehead atoms. The maximum atomic E-state index is 13.1. The third-order valence-electron chi connectivity index (χ3n) is 4.50. The van der Waals surface area contributed by atoms with Crippen LogP contribution in [0.5, 0.6) is 0 Å². The second-order valence-electron chi connectivity index (χ2n) is 6.08. The molecule has 0 unspecified atom stereocenters. The van der Waals surface area contributed by atoms with Gasteiger partial charge in [-0.15, -0.1) is 0 Å². The molecule has 0 saturated heterocycles. The number of benzene rings is 1. The summed E-state index contributed by atoms with van der Waals surface area (Å²) in [6.45, 7) is 0. The second-order valence-corrected chi connectivity index (χ2v) is 6.08. The number of H-pyrrole nitrogens is 1. The zero-order valence-corrected chi connectivity index (χ0v) is 12.6. The van der Waals surface area contributed by atoms with Gasteiger partial charge in [-0.3, -0.25) is 0 Å². The molecule has 6 heteroatoms. The fourth-order valence-corrected chi connectivity index (χ4v) is 3.17. The van der Waals surface area contributed by atoms with E-state index < -0.39 is 5.54 Å². The van der Waals surface area contributed by atoms with Crippen LogP contribution in [0.3, 0.4) is 0 Å². The van der Waals surface area contributed by atoms with Gasteiger partial charge in [0.2, 0.25) is 0 Å². The second kappa shape index (κ2) is 5.31. The Morgan fingerprint density at radius 1 is 1.09 bits per heavy atom. The molecule has 2 aromatic heterocycles. The number of hydrogen-bond acceptors (Lipinski definition) is 4. The topological polar surface area (TPSA) is 80.7 Å². The largest absolute Gasteiger partial charge is 0.366 e. The number of nitrogens with zero attached hydrogens (tertiary/aromatic N) is 2. The van der Waals surface area contributed by atoms with E-state index in [2.05, 4.69) is 15.1 Å². The minimum absolute atomic E-state index is 0.266. The number of nitrogens with two attached hydrogens (primary N) is 1. The molecule has 3 N–H and O–H groups in total. The lowest BCUT2D eigenvalue weighted by molar-refractivity contribution is 0.372. The van der Waals surface area contributed by atoms with E-state index in [4.69, 9.17) is 10.3 Å². The summed E-state index contributed by atoms with van der Waals surface area (Å²) in [6, 6.07) is 6.30. The summed E-state index contributed by atoms with van der Waals surface area (Å²) in [6.07, 6.45) is 7.57. The summed E-state index contributed by atoms with van der Waals surface area (Å²) in [4.78, 5) is 7.56. The average Bonchev–Trinajstić information content (AvgIpc) is 3.27. The minimum Gasteiger partial charge on any atom is -0.366 e. The van der Waals surface area contributed by atoms with E-state index in [-0.39, 0.29) is 5.82 Å². The molecule has 2 heterocycles. The van der Waals surface area contributed by atoms with Crippen molar-refractivity contribution < 1.29 is 8.91 Å². The van der Waals surface area contributed by atoms with Crippen LogP contribution in [0.25, 0.3) is 22.6 Å². The Hall–Kier alpha value is -2.47. The molecular weight excluding hydrogens is 295 g/mol. The fraction of sp³-hybridized carbons (Fsp3) is 0.294. The van der Waals surface area contributed by atoms with Gasteiger partial charge < -0.3 is 15.2 Å². The Labute approximate surface area is 132 Å². The van der Waals surface area contributed by atoms with Crippen molar-refractivity contribution in [2.75, 3.05) is 0 Å². The Kier molecular flexibility index (Phi) is 3.27. The average molecular weight is 312 g/mol. The number of nitrogens with one attached hydrogen (secondary N) is 1. The van der Waals surface area contributed by atoms with Crippen LogP contribution in [0.15, 0.2) is 41.2 Å². The first-order valence-electron chi connectivity index (χ1n) is 7.72. The molecule has 1 aromatic carbocycles. The Morgan fingerprint density at radius 2 is 1.78 bits per heavy atom. The number of aromatic nitrogens is 3. The molecule has 1 saturated carbocycles. The molecule has 3 aromatic rings. The highest BCUT2D eigenvalue weighted by atomic mass is 19.1. The van der Waals surface area contributed by atoms with Gasteiger partial charge in [0.05, 0.1) is 11.1 Å². The summed E-state index contributed by atoms with van der Waals surface area (Å²) in [5, 5.41) is 4.09. The first kappa shape index (κ1) is 14.1. The number of halogens is 1. The van der Waals surface area contributed by atoms with E-state index in [9.17, 15) is 4.39 Å². The van der Waals surface area contributed by atoms with Crippen LogP contribution in [0.4, 0.5) is 4.39 Å². The molecule has 0 amide bonds. The molecule has 0 spiro atoms. The van der Waals surface area contributed by atoms with Crippen molar-refractivity contribution in [3.05, 3.63) is 48.3 Å². The molecule has 0 aliphatic heterocycles. The molecule has 1 aliphatic rings. The monoisotopic (exact) mass is 312 g/mol. The van der Waals surface area contributed by atoms with Gasteiger partial charge in [-0.2, -0.15) is 4.98 Å². The van der Waals surface area contributed by atoms with Crippen molar-refractivity contribution in [2.24, 2.45) is 5.73 Å². The van der Waals surface area contributed by atoms with Crippen molar-refractivity contribution in [3.63, 3.8) is 0 Å². The van der Waals surface area contributed by atoms with Gasteiger partial charge in [0.25, 0.3) is 5.89 Å². The molecule has 5 nitrogen and oxygen atoms in total. The third-order valence-corrected chi connectivity index (χ3v) is 4.50. The zero-order valence-electron chi connectivity index (χ0n) is 12.6. The van der Waals surface area contributed by atoms with Crippen molar-refractivity contribution in [3.8, 4) is 22.6 Å². The third kappa shape index (κ3) is 2.45. The molecule has 118 valence electrons. The Bertz CT molecular complexity index is 815. The standard InChI is InChI=1S/C17H17FN4O/c18-12-5-3-11(4-6-12)13-9-20-10-14(13)15-21-16(22-23-15)17(19)7-1-2-8-17/h3-6,9-10,20H,1-2,7-8,19H2. The molecular formula is C17H17FN4O. The Morgan fingerprint density at radius 3 is 2.52 bits per heavy atom. The highest BCUT2D eigenvalue weighted by molar-refractivity contribution is 5.79. The molecule has 0 radical (unpaired) electrons. The predicted octanol–water partition coefficient (Wildman–Crippen LogP) is 3.60. The van der Waals surface area contributed by atoms with Crippen molar-refractivity contribution in [1.82, 2.24) is 15.1 Å². The van der Waals surface area contributed by atoms with Crippen LogP contribution in [-0.4, -0.2) is 15.1 Å². The van der Waals surface area contributed by atoms with Gasteiger partial charge in [-0.1, -0.05) is 30.1 Å². The van der Waals surface area contributed by atoms with Crippen LogP contribution in [-0.2, 0) is 5.54 Å². The van der Waals surface area contributed by atoms with E-state index in [1.807, 2.05) is 6.20 Å². The van der Waals surface area contributed by atoms with Gasteiger partial charge in [0.15, 0.2) is 5.82 Å². The van der Waals surface area contributed by atoms with Gasteiger partial charge >= 0.3 is 0 Å². The van der Waals surface area contributed by atoms with E-state index in [1.165, 1.54) is 12.1 Å². The molecule has 0 atom stereocenters. The summed E-state index contributed by atoms with van der Waals surface area (Å²) in [5.74, 6) is 0.728. The van der Waals surface area contributed by atoms with Crippen molar-refractivity contribution in [1.29, 1.82) is 0 Å². The van der Waals surface area contributed by atoms with Gasteiger partial charge in [-0.25, -0.2) is 4.39 Å². The molecule has 1 aliphatic carbocycles. The quantitative estimate of drug-likeness (QED) is 0.774. The summed E-state index contributed by atoms with van der Waals surface area (Å²) < 4.78 is 18.5. The van der Waals surface area contributed by atoms with E-state index in [0.717, 1.165) is 42.4 Å². The van der Waals surface area contributed by atoms with Gasteiger partial charge in [-0.05, 0) is 30.5 Å². The lowest BCUT2D eigenvalue weighted by atomic mass is 9.98. The molecule has 4 rings (SSSR count). The molecule has 23 heavy (non-hydrogen) atoms. The van der Waals surface area contributed by atoms with Crippen LogP contribution < -0.4 is 5.73 Å². The van der Waals surface area contributed by atoms with Gasteiger partial charge in [0.1, 0.15) is 5.82 Å². The lowest BCUT2D eigenvalue weighted by Crippen LogP contribution is -2.34. The predicted molar refractivity (Wildman–Crippen MR) is 83.8 cm³/mol. The van der Waals surface area contributed by atoms with Crippen LogP contribution >= 0.6 is 0 Å². The highest BCUT2D eigenvalue weighted by Crippen LogP contribution is 2.37. The maximum Gasteiger partial charge on any atom is 0.260 e. The highest BCUT2D eigenvalue weighted by Gasteiger charge is 2.36. The van der Waals surface area contributed by atoms with Crippen LogP contribution in [0.1, 0.15) is 31.5 Å². The van der Waals surface area contributed by atoms with Crippen molar-refractivity contribution >= 4 is 0 Å². The Balaban J connectivity index is 1.71. The summed E-state index contributed by atoms with van der Waals surface area (Å²) >= 11 is 0. The summed E-state index contributed by atoms with van der Waals surface area (Å²) in [5.41, 5.74) is 8.46. The van der Waals surface area contributed by atoms with Crippen LogP contribution in [0.2, 0.25) is 0 Å². The SMILES string of the molecule is NC1(c2noc(-c3c[nH]cc3-c3ccc(F)cc3)n2)CCCC1. The number of aromatic amines is 1. The van der Waals surface area contributed by atoms with Gasteiger partial charge in [0, 0.05) is 18.0 Å². The maximum absolute atomic E-state index is 13.1. The lowest BCUT2D eigenvalue weighted by Gasteiger charge is -2.17.